The van der Waals surface area contributed by atoms with Gasteiger partial charge in [-0.05, 0) is 71.2 Å². The molecule has 2 fully saturated rings. The third-order valence-corrected chi connectivity index (χ3v) is 13.2. The van der Waals surface area contributed by atoms with Crippen molar-refractivity contribution in [1.29, 1.82) is 0 Å². The van der Waals surface area contributed by atoms with Crippen molar-refractivity contribution in [1.82, 2.24) is 9.80 Å². The molecule has 1 saturated heterocycles. The first-order valence-electron chi connectivity index (χ1n) is 19.4. The molecule has 0 radical (unpaired) electrons. The van der Waals surface area contributed by atoms with Crippen LogP contribution in [0.5, 0.6) is 11.5 Å². The molecule has 4 atom stereocenters. The van der Waals surface area contributed by atoms with Crippen molar-refractivity contribution < 1.29 is 18.6 Å². The number of para-hydroxylation sites is 2. The molecule has 2 aliphatic heterocycles. The fraction of sp³-hybridized carbons (Fsp3) is 0.362. The van der Waals surface area contributed by atoms with E-state index in [-0.39, 0.29) is 40.4 Å². The second-order valence-electron chi connectivity index (χ2n) is 17.2. The van der Waals surface area contributed by atoms with Crippen LogP contribution in [0.3, 0.4) is 0 Å². The zero-order valence-corrected chi connectivity index (χ0v) is 33.1. The van der Waals surface area contributed by atoms with Crippen LogP contribution in [0.4, 0.5) is 0 Å². The third-order valence-electron chi connectivity index (χ3n) is 11.6. The number of nitrogens with zero attached hydrogens (tertiary/aromatic N) is 2. The second-order valence-corrected chi connectivity index (χ2v) is 18.7. The zero-order valence-electron chi connectivity index (χ0n) is 32.2. The van der Waals surface area contributed by atoms with Crippen LogP contribution in [-0.2, 0) is 10.8 Å². The highest BCUT2D eigenvalue weighted by Crippen LogP contribution is 2.58. The molecule has 0 unspecified atom stereocenters. The van der Waals surface area contributed by atoms with E-state index in [2.05, 4.69) is 99.9 Å². The molecule has 0 bridgehead atoms. The molecule has 7 heteroatoms. The van der Waals surface area contributed by atoms with Gasteiger partial charge in [0.25, 0.3) is 11.8 Å². The minimum Gasteiger partial charge on any atom is -0.438 e. The van der Waals surface area contributed by atoms with E-state index in [4.69, 9.17) is 9.05 Å². The van der Waals surface area contributed by atoms with Crippen LogP contribution >= 0.6 is 8.38 Å². The van der Waals surface area contributed by atoms with Crippen molar-refractivity contribution >= 4 is 20.2 Å². The summed E-state index contributed by atoms with van der Waals surface area (Å²) in [5, 5.41) is 0. The molecule has 8 rings (SSSR count). The van der Waals surface area contributed by atoms with E-state index < -0.39 is 20.5 Å². The van der Waals surface area contributed by atoms with E-state index in [0.29, 0.717) is 22.6 Å². The number of hydrogen-bond donors (Lipinski definition) is 0. The number of benzene rings is 4. The summed E-state index contributed by atoms with van der Waals surface area (Å²) in [7, 11) is -1.51. The van der Waals surface area contributed by atoms with E-state index in [0.717, 1.165) is 36.8 Å². The predicted octanol–water partition coefficient (Wildman–Crippen LogP) is 11.3. The maximum Gasteiger partial charge on any atom is 0.301 e. The quantitative estimate of drug-likeness (QED) is 0.196. The van der Waals surface area contributed by atoms with Gasteiger partial charge >= 0.3 is 8.38 Å². The Morgan fingerprint density at radius 3 is 1.35 bits per heavy atom. The van der Waals surface area contributed by atoms with E-state index in [9.17, 15) is 0 Å². The summed E-state index contributed by atoms with van der Waals surface area (Å²) >= 11 is 0. The van der Waals surface area contributed by atoms with E-state index in [1.807, 2.05) is 72.8 Å². The van der Waals surface area contributed by atoms with Crippen LogP contribution in [0.2, 0.25) is 0 Å². The summed E-state index contributed by atoms with van der Waals surface area (Å²) in [6.07, 6.45) is 11.9. The lowest BCUT2D eigenvalue weighted by molar-refractivity contribution is -0.0531. The first-order valence-corrected chi connectivity index (χ1v) is 20.7. The Morgan fingerprint density at radius 1 is 0.574 bits per heavy atom. The Bertz CT molecular complexity index is 1940. The maximum atomic E-state index is 15.4. The van der Waals surface area contributed by atoms with Crippen LogP contribution in [0.15, 0.2) is 121 Å². The maximum absolute atomic E-state index is 15.4. The number of rotatable bonds is 3. The highest BCUT2D eigenvalue weighted by molar-refractivity contribution is 7.49. The molecule has 4 aromatic rings. The number of allylic oxidation sites excluding steroid dienone is 4. The van der Waals surface area contributed by atoms with Crippen molar-refractivity contribution in [3.05, 3.63) is 155 Å². The molecule has 4 aliphatic rings. The highest BCUT2D eigenvalue weighted by atomic mass is 31.2. The summed E-state index contributed by atoms with van der Waals surface area (Å²) in [5.74, 6) is 1.30. The molecule has 0 N–H and O–H groups in total. The minimum absolute atomic E-state index is 0.0274. The molecule has 4 aromatic carbocycles. The summed E-state index contributed by atoms with van der Waals surface area (Å²) in [5.41, 5.74) is 5.27. The zero-order chi connectivity index (χ0) is 37.8. The van der Waals surface area contributed by atoms with Crippen LogP contribution in [0, 0.1) is 0 Å². The Labute approximate surface area is 321 Å². The Balaban J connectivity index is 1.36. The monoisotopic (exact) mass is 738 g/mol. The van der Waals surface area contributed by atoms with Crippen molar-refractivity contribution in [2.75, 3.05) is 0 Å². The first kappa shape index (κ1) is 36.3. The smallest absolute Gasteiger partial charge is 0.301 e. The summed E-state index contributed by atoms with van der Waals surface area (Å²) in [6.45, 7) is 13.1. The van der Waals surface area contributed by atoms with Crippen LogP contribution in [0.25, 0.3) is 0 Å². The number of fused-ring (bicyclic) bond motifs is 6. The molecule has 1 saturated carbocycles. The molecule has 2 aliphatic carbocycles. The van der Waals surface area contributed by atoms with Gasteiger partial charge in [0.2, 0.25) is 0 Å². The Hall–Kier alpha value is -4.67. The van der Waals surface area contributed by atoms with Gasteiger partial charge in [0, 0.05) is 22.3 Å². The normalized spacial score (nSPS) is 22.8. The van der Waals surface area contributed by atoms with Gasteiger partial charge in [-0.1, -0.05) is 139 Å². The fourth-order valence-electron chi connectivity index (χ4n) is 8.69. The molecular weight excluding hydrogens is 688 g/mol. The number of carbonyl (C=O) groups excluding carboxylic acids is 2. The van der Waals surface area contributed by atoms with Gasteiger partial charge in [0.1, 0.15) is 11.5 Å². The minimum atomic E-state index is -1.51. The van der Waals surface area contributed by atoms with Gasteiger partial charge in [-0.2, -0.15) is 0 Å². The predicted molar refractivity (Wildman–Crippen MR) is 217 cm³/mol. The molecule has 2 heterocycles. The van der Waals surface area contributed by atoms with Gasteiger partial charge in [-0.15, -0.1) is 0 Å². The molecular formula is C47H51N2O4P. The average Bonchev–Trinajstić information content (AvgIpc) is 3.72. The summed E-state index contributed by atoms with van der Waals surface area (Å²) in [4.78, 5) is 35.0. The Kier molecular flexibility index (Phi) is 9.55. The number of carbonyl (C=O) groups is 2. The van der Waals surface area contributed by atoms with E-state index >= 15 is 9.59 Å². The molecule has 0 aromatic heterocycles. The molecule has 6 nitrogen and oxygen atoms in total. The molecule has 0 spiro atoms. The standard InChI is InChI=1S/C47H51N2O4P/c1-46(2,3)33-27-23-31(24-28-33)44(50)48-38-19-11-12-20-39(38)49(45(51)32-25-29-34(30-26-32)47(4,5)6)43-37-18-10-14-22-41(37)53-54(35-15-7-8-16-35)52-40-21-13-9-17-36(40)42(43)48/h7-10,13-18,21-30,35,38-39,42-43H,11-12,19-20H2,1-6H3/t38-,39-,42+,43+/m0/s1. The molecule has 278 valence electrons. The average molecular weight is 739 g/mol. The van der Waals surface area contributed by atoms with E-state index in [1.165, 1.54) is 11.1 Å². The SMILES string of the molecule is CC(C)(C)c1ccc(C(=O)N2[C@@H]3c4ccccc4OP(C4C=CC=C4)Oc4ccccc4[C@H]3N(C(=O)c3ccc(C(C)(C)C)cc3)[C@H]3CCCC[C@@H]32)cc1. The van der Waals surface area contributed by atoms with E-state index in [1.54, 1.807) is 0 Å². The van der Waals surface area contributed by atoms with Gasteiger partial charge in [0.15, 0.2) is 0 Å². The van der Waals surface area contributed by atoms with Crippen molar-refractivity contribution in [3.8, 4) is 11.5 Å². The largest absolute Gasteiger partial charge is 0.438 e. The van der Waals surface area contributed by atoms with Gasteiger partial charge in [-0.3, -0.25) is 9.59 Å². The number of amides is 2. The summed E-state index contributed by atoms with van der Waals surface area (Å²) in [6, 6.07) is 30.9. The van der Waals surface area contributed by atoms with Crippen LogP contribution in [-0.4, -0.2) is 39.4 Å². The molecule has 54 heavy (non-hydrogen) atoms. The number of hydrogen-bond acceptors (Lipinski definition) is 4. The summed E-state index contributed by atoms with van der Waals surface area (Å²) < 4.78 is 13.9. The van der Waals surface area contributed by atoms with Crippen molar-refractivity contribution in [2.24, 2.45) is 0 Å². The molecule has 2 amide bonds. The third kappa shape index (κ3) is 6.68. The first-order chi connectivity index (χ1) is 25.9. The number of piperazine rings is 1. The lowest BCUT2D eigenvalue weighted by Crippen LogP contribution is -2.65. The van der Waals surface area contributed by atoms with Crippen LogP contribution < -0.4 is 9.05 Å². The lowest BCUT2D eigenvalue weighted by atomic mass is 9.77. The van der Waals surface area contributed by atoms with Gasteiger partial charge in [-0.25, -0.2) is 0 Å². The second kappa shape index (κ2) is 14.2. The van der Waals surface area contributed by atoms with Crippen LogP contribution in [0.1, 0.15) is 122 Å². The van der Waals surface area contributed by atoms with Gasteiger partial charge < -0.3 is 18.8 Å². The highest BCUT2D eigenvalue weighted by Gasteiger charge is 2.54. The van der Waals surface area contributed by atoms with Crippen molar-refractivity contribution in [2.45, 2.75) is 108 Å². The topological polar surface area (TPSA) is 59.1 Å². The Morgan fingerprint density at radius 2 is 0.963 bits per heavy atom. The fourth-order valence-corrected chi connectivity index (χ4v) is 10.2. The van der Waals surface area contributed by atoms with Gasteiger partial charge in [0.05, 0.1) is 29.8 Å². The lowest BCUT2D eigenvalue weighted by Gasteiger charge is -2.58. The van der Waals surface area contributed by atoms with Crippen molar-refractivity contribution in [3.63, 3.8) is 0 Å².